The van der Waals surface area contributed by atoms with Crippen molar-refractivity contribution < 1.29 is 39.2 Å². The Morgan fingerprint density at radius 1 is 0.905 bits per heavy atom. The first-order chi connectivity index (χ1) is 19.2. The summed E-state index contributed by atoms with van der Waals surface area (Å²) in [6, 6.07) is 0. The van der Waals surface area contributed by atoms with Crippen LogP contribution in [-0.2, 0) is 23.9 Å². The highest BCUT2D eigenvalue weighted by atomic mass is 16.6. The highest BCUT2D eigenvalue weighted by Crippen LogP contribution is 2.76. The van der Waals surface area contributed by atoms with E-state index in [2.05, 4.69) is 20.8 Å². The fraction of sp³-hybridized carbons (Fsp3) is 0.853. The number of aliphatic carboxylic acids is 1. The van der Waals surface area contributed by atoms with E-state index < -0.39 is 74.8 Å². The zero-order valence-corrected chi connectivity index (χ0v) is 27.0. The first-order valence-electron chi connectivity index (χ1n) is 15.9. The second kappa shape index (κ2) is 9.53. The number of aliphatic hydroxyl groups is 2. The van der Waals surface area contributed by atoms with Crippen LogP contribution in [0.15, 0.2) is 11.6 Å². The molecule has 3 N–H and O–H groups in total. The topological polar surface area (TPSA) is 130 Å². The van der Waals surface area contributed by atoms with Crippen molar-refractivity contribution in [3.63, 3.8) is 0 Å². The summed E-state index contributed by atoms with van der Waals surface area (Å²) in [5, 5.41) is 34.3. The number of carbonyl (C=O) groups is 3. The molecule has 0 radical (unpaired) electrons. The minimum Gasteiger partial charge on any atom is -0.481 e. The second-order valence-corrected chi connectivity index (χ2v) is 16.2. The van der Waals surface area contributed by atoms with E-state index in [0.717, 1.165) is 18.4 Å². The number of carboxylic acid groups (broad SMARTS) is 1. The zero-order chi connectivity index (χ0) is 31.4. The van der Waals surface area contributed by atoms with Crippen molar-refractivity contribution in [3.8, 4) is 0 Å². The quantitative estimate of drug-likeness (QED) is 0.300. The van der Waals surface area contributed by atoms with Crippen molar-refractivity contribution in [2.45, 2.75) is 131 Å². The van der Waals surface area contributed by atoms with Crippen molar-refractivity contribution in [2.24, 2.45) is 50.7 Å². The van der Waals surface area contributed by atoms with Gasteiger partial charge in [-0.3, -0.25) is 14.4 Å². The van der Waals surface area contributed by atoms with Crippen LogP contribution in [0.25, 0.3) is 0 Å². The van der Waals surface area contributed by atoms with E-state index in [1.807, 2.05) is 26.8 Å². The third-order valence-corrected chi connectivity index (χ3v) is 14.0. The first kappa shape index (κ1) is 31.5. The van der Waals surface area contributed by atoms with Gasteiger partial charge in [-0.15, -0.1) is 0 Å². The monoisotopic (exact) mass is 588 g/mol. The third-order valence-electron chi connectivity index (χ3n) is 14.0. The molecule has 0 amide bonds. The lowest BCUT2D eigenvalue weighted by Gasteiger charge is -2.72. The van der Waals surface area contributed by atoms with Gasteiger partial charge in [-0.2, -0.15) is 0 Å². The van der Waals surface area contributed by atoms with Gasteiger partial charge in [0, 0.05) is 25.7 Å². The Kier molecular flexibility index (Phi) is 7.15. The third kappa shape index (κ3) is 3.95. The van der Waals surface area contributed by atoms with E-state index in [-0.39, 0.29) is 17.8 Å². The molecule has 42 heavy (non-hydrogen) atoms. The molecule has 12 atom stereocenters. The Bertz CT molecular complexity index is 1200. The van der Waals surface area contributed by atoms with Crippen LogP contribution in [-0.4, -0.2) is 57.1 Å². The zero-order valence-electron chi connectivity index (χ0n) is 27.0. The maximum absolute atomic E-state index is 13.1. The number of hydrogen-bond donors (Lipinski definition) is 3. The largest absolute Gasteiger partial charge is 0.481 e. The number of hydrogen-bond acceptors (Lipinski definition) is 7. The molecule has 0 saturated heterocycles. The molecule has 8 heteroatoms. The first-order valence-corrected chi connectivity index (χ1v) is 15.9. The van der Waals surface area contributed by atoms with Crippen molar-refractivity contribution >= 4 is 17.9 Å². The molecular weight excluding hydrogens is 536 g/mol. The summed E-state index contributed by atoms with van der Waals surface area (Å²) in [5.74, 6) is -2.50. The van der Waals surface area contributed by atoms with Gasteiger partial charge < -0.3 is 24.8 Å². The standard InChI is InChI=1S/C34H52O8/c1-18-10-13-34(28(38)39)15-14-31(7)21(25(34)33(18,9)40)16-22(41-19(2)35)26-30(6)17-23(42-20(3)36)27(37)29(4,5)24(30)11-12-32(26,31)8/h16,18,22-27,37,40H,10-15,17H2,1-9H3,(H,38,39). The molecular formula is C34H52O8. The molecule has 0 aliphatic heterocycles. The number of carboxylic acids is 1. The summed E-state index contributed by atoms with van der Waals surface area (Å²) in [5.41, 5.74) is -3.30. The number of carbonyl (C=O) groups excluding carboxylic acids is 2. The molecule has 5 aliphatic carbocycles. The fourth-order valence-electron chi connectivity index (χ4n) is 11.6. The summed E-state index contributed by atoms with van der Waals surface area (Å²) in [4.78, 5) is 37.9. The molecule has 4 fully saturated rings. The van der Waals surface area contributed by atoms with E-state index in [0.29, 0.717) is 32.1 Å². The maximum atomic E-state index is 13.1. The molecule has 236 valence electrons. The van der Waals surface area contributed by atoms with Gasteiger partial charge in [0.25, 0.3) is 0 Å². The molecule has 0 bridgehead atoms. The van der Waals surface area contributed by atoms with Crippen LogP contribution in [0.1, 0.15) is 107 Å². The predicted molar refractivity (Wildman–Crippen MR) is 156 cm³/mol. The van der Waals surface area contributed by atoms with Crippen LogP contribution in [0.4, 0.5) is 0 Å². The van der Waals surface area contributed by atoms with Gasteiger partial charge in [0.15, 0.2) is 0 Å². The smallest absolute Gasteiger partial charge is 0.310 e. The van der Waals surface area contributed by atoms with Crippen molar-refractivity contribution in [1.82, 2.24) is 0 Å². The molecule has 4 saturated carbocycles. The maximum Gasteiger partial charge on any atom is 0.310 e. The Balaban J connectivity index is 1.74. The molecule has 8 nitrogen and oxygen atoms in total. The van der Waals surface area contributed by atoms with E-state index in [4.69, 9.17) is 9.47 Å². The number of esters is 2. The number of aliphatic hydroxyl groups excluding tert-OH is 1. The second-order valence-electron chi connectivity index (χ2n) is 16.2. The average molecular weight is 589 g/mol. The Morgan fingerprint density at radius 2 is 1.52 bits per heavy atom. The normalized spacial score (nSPS) is 51.0. The van der Waals surface area contributed by atoms with Gasteiger partial charge in [0.2, 0.25) is 0 Å². The van der Waals surface area contributed by atoms with Gasteiger partial charge in [0.1, 0.15) is 12.2 Å². The molecule has 5 aliphatic rings. The van der Waals surface area contributed by atoms with Gasteiger partial charge in [-0.1, -0.05) is 47.1 Å². The Labute approximate surface area is 250 Å². The van der Waals surface area contributed by atoms with Gasteiger partial charge in [0.05, 0.1) is 17.1 Å². The van der Waals surface area contributed by atoms with Gasteiger partial charge >= 0.3 is 17.9 Å². The molecule has 5 rings (SSSR count). The lowest BCUT2D eigenvalue weighted by Crippen LogP contribution is -2.71. The molecule has 12 unspecified atom stereocenters. The van der Waals surface area contributed by atoms with E-state index in [1.165, 1.54) is 13.8 Å². The summed E-state index contributed by atoms with van der Waals surface area (Å²) in [6.45, 7) is 17.4. The number of fused-ring (bicyclic) bond motifs is 7. The number of ether oxygens (including phenoxy) is 2. The summed E-state index contributed by atoms with van der Waals surface area (Å²) in [6.07, 6.45) is 4.22. The van der Waals surface area contributed by atoms with Gasteiger partial charge in [-0.05, 0) is 91.4 Å². The summed E-state index contributed by atoms with van der Waals surface area (Å²) < 4.78 is 12.0. The average Bonchev–Trinajstić information content (AvgIpc) is 2.84. The fourth-order valence-corrected chi connectivity index (χ4v) is 11.6. The predicted octanol–water partition coefficient (Wildman–Crippen LogP) is 5.29. The van der Waals surface area contributed by atoms with Crippen LogP contribution in [0, 0.1) is 50.7 Å². The van der Waals surface area contributed by atoms with Crippen LogP contribution in [0.5, 0.6) is 0 Å². The van der Waals surface area contributed by atoms with E-state index in [1.54, 1.807) is 6.92 Å². The van der Waals surface area contributed by atoms with Crippen molar-refractivity contribution in [2.75, 3.05) is 0 Å². The summed E-state index contributed by atoms with van der Waals surface area (Å²) >= 11 is 0. The Hall–Kier alpha value is -1.93. The Morgan fingerprint density at radius 3 is 2.10 bits per heavy atom. The van der Waals surface area contributed by atoms with E-state index >= 15 is 0 Å². The van der Waals surface area contributed by atoms with Crippen LogP contribution >= 0.6 is 0 Å². The highest BCUT2D eigenvalue weighted by Gasteiger charge is 2.74. The molecule has 0 aromatic carbocycles. The van der Waals surface area contributed by atoms with E-state index in [9.17, 15) is 29.7 Å². The molecule has 0 aromatic heterocycles. The van der Waals surface area contributed by atoms with Crippen molar-refractivity contribution in [1.29, 1.82) is 0 Å². The lowest BCUT2D eigenvalue weighted by atomic mass is 9.32. The van der Waals surface area contributed by atoms with Gasteiger partial charge in [-0.25, -0.2) is 0 Å². The van der Waals surface area contributed by atoms with Crippen molar-refractivity contribution in [3.05, 3.63) is 11.6 Å². The molecule has 0 aromatic rings. The summed E-state index contributed by atoms with van der Waals surface area (Å²) in [7, 11) is 0. The molecule has 0 spiro atoms. The number of rotatable bonds is 3. The van der Waals surface area contributed by atoms with Crippen LogP contribution < -0.4 is 0 Å². The minimum absolute atomic E-state index is 0.0704. The highest BCUT2D eigenvalue weighted by molar-refractivity contribution is 5.77. The molecule has 0 heterocycles. The van der Waals surface area contributed by atoms with Crippen LogP contribution in [0.2, 0.25) is 0 Å². The lowest BCUT2D eigenvalue weighted by molar-refractivity contribution is -0.257. The minimum atomic E-state index is -1.24. The van der Waals surface area contributed by atoms with Crippen LogP contribution in [0.3, 0.4) is 0 Å². The SMILES string of the molecule is CC(=O)OC1C=C2C3C(C(=O)O)(CCC(C)C3(C)O)CCC2(C)C2(C)CCC3C(C)(C)C(O)C(OC(C)=O)CC3(C)C12.